The van der Waals surface area contributed by atoms with Gasteiger partial charge in [0.05, 0.1) is 10.4 Å². The lowest BCUT2D eigenvalue weighted by Gasteiger charge is -2.24. The summed E-state index contributed by atoms with van der Waals surface area (Å²) in [6, 6.07) is 0. The molecule has 1 heterocycles. The Balaban J connectivity index is 2.33. The van der Waals surface area contributed by atoms with Crippen LogP contribution < -0.4 is 5.32 Å². The Morgan fingerprint density at radius 1 is 1.60 bits per heavy atom. The highest BCUT2D eigenvalue weighted by atomic mass is 79.9. The first-order chi connectivity index (χ1) is 6.94. The number of rotatable bonds is 4. The van der Waals surface area contributed by atoms with Crippen LogP contribution in [0.25, 0.3) is 0 Å². The van der Waals surface area contributed by atoms with Gasteiger partial charge in [0.25, 0.3) is 0 Å². The standard InChI is InChI=1S/C11H20BrNO2/c1-8(2)9(12)10(14)13-7-11(3)5-4-6-15-11/h8-9H,4-7H2,1-3H3,(H,13,14). The number of hydrogen-bond donors (Lipinski definition) is 1. The summed E-state index contributed by atoms with van der Waals surface area (Å²) >= 11 is 3.38. The first-order valence-electron chi connectivity index (χ1n) is 5.50. The lowest BCUT2D eigenvalue weighted by atomic mass is 10.0. The predicted octanol–water partition coefficient (Wildman–Crippen LogP) is 2.09. The van der Waals surface area contributed by atoms with E-state index in [0.29, 0.717) is 12.5 Å². The van der Waals surface area contributed by atoms with Crippen molar-refractivity contribution < 1.29 is 9.53 Å². The van der Waals surface area contributed by atoms with Gasteiger partial charge in [-0.15, -0.1) is 0 Å². The Morgan fingerprint density at radius 3 is 2.73 bits per heavy atom. The Labute approximate surface area is 100 Å². The Morgan fingerprint density at radius 2 is 2.27 bits per heavy atom. The average molecular weight is 278 g/mol. The van der Waals surface area contributed by atoms with Crippen LogP contribution in [0.5, 0.6) is 0 Å². The number of alkyl halides is 1. The van der Waals surface area contributed by atoms with Gasteiger partial charge in [0, 0.05) is 13.2 Å². The Hall–Kier alpha value is -0.0900. The summed E-state index contributed by atoms with van der Waals surface area (Å²) in [6.07, 6.45) is 2.12. The van der Waals surface area contributed by atoms with Crippen LogP contribution in [0, 0.1) is 5.92 Å². The van der Waals surface area contributed by atoms with Gasteiger partial charge in [-0.05, 0) is 25.7 Å². The van der Waals surface area contributed by atoms with Gasteiger partial charge >= 0.3 is 0 Å². The van der Waals surface area contributed by atoms with Crippen molar-refractivity contribution in [2.24, 2.45) is 5.92 Å². The fraction of sp³-hybridized carbons (Fsp3) is 0.909. The number of halogens is 1. The van der Waals surface area contributed by atoms with Crippen molar-refractivity contribution in [1.29, 1.82) is 0 Å². The fourth-order valence-corrected chi connectivity index (χ4v) is 1.81. The molecular weight excluding hydrogens is 258 g/mol. The lowest BCUT2D eigenvalue weighted by molar-refractivity contribution is -0.122. The highest BCUT2D eigenvalue weighted by Gasteiger charge is 2.31. The first kappa shape index (κ1) is 13.0. The topological polar surface area (TPSA) is 38.3 Å². The van der Waals surface area contributed by atoms with Crippen molar-refractivity contribution in [3.05, 3.63) is 0 Å². The van der Waals surface area contributed by atoms with Crippen LogP contribution in [-0.2, 0) is 9.53 Å². The molecule has 0 bridgehead atoms. The maximum atomic E-state index is 11.7. The molecule has 0 aromatic heterocycles. The van der Waals surface area contributed by atoms with Crippen molar-refractivity contribution in [3.8, 4) is 0 Å². The zero-order valence-corrected chi connectivity index (χ0v) is 11.3. The fourth-order valence-electron chi connectivity index (χ4n) is 1.65. The van der Waals surface area contributed by atoms with Gasteiger partial charge in [0.2, 0.25) is 5.91 Å². The quantitative estimate of drug-likeness (QED) is 0.800. The molecule has 1 N–H and O–H groups in total. The summed E-state index contributed by atoms with van der Waals surface area (Å²) in [6.45, 7) is 7.52. The van der Waals surface area contributed by atoms with Crippen LogP contribution >= 0.6 is 15.9 Å². The van der Waals surface area contributed by atoms with E-state index < -0.39 is 0 Å². The summed E-state index contributed by atoms with van der Waals surface area (Å²) in [7, 11) is 0. The van der Waals surface area contributed by atoms with E-state index in [-0.39, 0.29) is 16.3 Å². The SMILES string of the molecule is CC(C)C(Br)C(=O)NCC1(C)CCCO1. The van der Waals surface area contributed by atoms with Crippen molar-refractivity contribution in [2.75, 3.05) is 13.2 Å². The zero-order chi connectivity index (χ0) is 11.5. The molecule has 1 aliphatic heterocycles. The second-order valence-corrected chi connectivity index (χ2v) is 5.75. The number of hydrogen-bond acceptors (Lipinski definition) is 2. The molecule has 1 saturated heterocycles. The van der Waals surface area contributed by atoms with Crippen molar-refractivity contribution in [1.82, 2.24) is 5.32 Å². The van der Waals surface area contributed by atoms with Gasteiger partial charge in [-0.1, -0.05) is 29.8 Å². The summed E-state index contributed by atoms with van der Waals surface area (Å²) in [5.74, 6) is 0.365. The molecule has 88 valence electrons. The molecule has 1 aliphatic rings. The number of carbonyl (C=O) groups is 1. The third-order valence-corrected chi connectivity index (χ3v) is 4.25. The van der Waals surface area contributed by atoms with Crippen molar-refractivity contribution in [3.63, 3.8) is 0 Å². The van der Waals surface area contributed by atoms with Crippen LogP contribution in [0.2, 0.25) is 0 Å². The minimum atomic E-state index is -0.153. The first-order valence-corrected chi connectivity index (χ1v) is 6.42. The summed E-state index contributed by atoms with van der Waals surface area (Å²) < 4.78 is 5.60. The molecule has 0 aliphatic carbocycles. The second kappa shape index (κ2) is 5.30. The van der Waals surface area contributed by atoms with Crippen LogP contribution in [0.3, 0.4) is 0 Å². The van der Waals surface area contributed by atoms with Crippen molar-refractivity contribution >= 4 is 21.8 Å². The maximum absolute atomic E-state index is 11.7. The highest BCUT2D eigenvalue weighted by Crippen LogP contribution is 2.24. The minimum absolute atomic E-state index is 0.0572. The third-order valence-electron chi connectivity index (χ3n) is 2.77. The number of ether oxygens (including phenoxy) is 1. The molecule has 1 fully saturated rings. The molecule has 0 aromatic rings. The molecule has 0 saturated carbocycles. The van der Waals surface area contributed by atoms with E-state index in [1.807, 2.05) is 13.8 Å². The molecule has 2 unspecified atom stereocenters. The van der Waals surface area contributed by atoms with E-state index in [1.54, 1.807) is 0 Å². The summed E-state index contributed by atoms with van der Waals surface area (Å²) in [4.78, 5) is 11.6. The van der Waals surface area contributed by atoms with E-state index >= 15 is 0 Å². The Bertz CT molecular complexity index is 225. The monoisotopic (exact) mass is 277 g/mol. The Kier molecular flexibility index (Phi) is 4.59. The molecule has 2 atom stereocenters. The molecular formula is C11H20BrNO2. The lowest BCUT2D eigenvalue weighted by Crippen LogP contribution is -2.43. The zero-order valence-electron chi connectivity index (χ0n) is 9.68. The van der Waals surface area contributed by atoms with Crippen LogP contribution in [0.4, 0.5) is 0 Å². The number of carbonyl (C=O) groups excluding carboxylic acids is 1. The molecule has 0 spiro atoms. The normalized spacial score (nSPS) is 28.1. The van der Waals surface area contributed by atoms with Gasteiger partial charge in [0.15, 0.2) is 0 Å². The molecule has 1 amide bonds. The molecule has 1 rings (SSSR count). The smallest absolute Gasteiger partial charge is 0.234 e. The van der Waals surface area contributed by atoms with E-state index in [0.717, 1.165) is 19.4 Å². The van der Waals surface area contributed by atoms with Gasteiger partial charge in [-0.25, -0.2) is 0 Å². The van der Waals surface area contributed by atoms with Gasteiger partial charge < -0.3 is 10.1 Å². The van der Waals surface area contributed by atoms with E-state index in [4.69, 9.17) is 4.74 Å². The highest BCUT2D eigenvalue weighted by molar-refractivity contribution is 9.10. The molecule has 0 aromatic carbocycles. The molecule has 4 heteroatoms. The van der Waals surface area contributed by atoms with Gasteiger partial charge in [-0.3, -0.25) is 4.79 Å². The van der Waals surface area contributed by atoms with Crippen LogP contribution in [-0.4, -0.2) is 29.5 Å². The average Bonchev–Trinajstić information content (AvgIpc) is 2.61. The van der Waals surface area contributed by atoms with Gasteiger partial charge in [-0.2, -0.15) is 0 Å². The van der Waals surface area contributed by atoms with E-state index in [1.165, 1.54) is 0 Å². The summed E-state index contributed by atoms with van der Waals surface area (Å²) in [5, 5.41) is 2.94. The van der Waals surface area contributed by atoms with E-state index in [2.05, 4.69) is 28.2 Å². The van der Waals surface area contributed by atoms with Crippen LogP contribution in [0.15, 0.2) is 0 Å². The number of amides is 1. The molecule has 15 heavy (non-hydrogen) atoms. The minimum Gasteiger partial charge on any atom is -0.373 e. The van der Waals surface area contributed by atoms with E-state index in [9.17, 15) is 4.79 Å². The molecule has 3 nitrogen and oxygen atoms in total. The second-order valence-electron chi connectivity index (χ2n) is 4.77. The molecule has 0 radical (unpaired) electrons. The van der Waals surface area contributed by atoms with Crippen molar-refractivity contribution in [2.45, 2.75) is 44.0 Å². The number of nitrogens with one attached hydrogen (secondary N) is 1. The largest absolute Gasteiger partial charge is 0.373 e. The maximum Gasteiger partial charge on any atom is 0.234 e. The predicted molar refractivity (Wildman–Crippen MR) is 64.2 cm³/mol. The van der Waals surface area contributed by atoms with Gasteiger partial charge in [0.1, 0.15) is 0 Å². The third kappa shape index (κ3) is 3.76. The van der Waals surface area contributed by atoms with Crippen LogP contribution in [0.1, 0.15) is 33.6 Å². The summed E-state index contributed by atoms with van der Waals surface area (Å²) in [5.41, 5.74) is -0.153.